The Morgan fingerprint density at radius 3 is 2.69 bits per heavy atom. The highest BCUT2D eigenvalue weighted by Crippen LogP contribution is 2.42. The number of rotatable bonds is 4. The van der Waals surface area contributed by atoms with E-state index in [-0.39, 0.29) is 24.0 Å². The topological polar surface area (TPSA) is 66.9 Å². The van der Waals surface area contributed by atoms with Crippen molar-refractivity contribution >= 4 is 40.4 Å². The molecule has 2 atom stereocenters. The van der Waals surface area contributed by atoms with Crippen molar-refractivity contribution in [2.45, 2.75) is 83.3 Å². The molecule has 5 heterocycles. The Kier molecular flexibility index (Phi) is 6.56. The fourth-order valence-corrected chi connectivity index (χ4v) is 6.42. The van der Waals surface area contributed by atoms with Gasteiger partial charge in [-0.25, -0.2) is 4.98 Å². The van der Waals surface area contributed by atoms with Crippen LogP contribution in [0.1, 0.15) is 57.9 Å². The molecule has 8 heteroatoms. The zero-order valence-corrected chi connectivity index (χ0v) is 21.8. The van der Waals surface area contributed by atoms with Crippen molar-refractivity contribution in [2.24, 2.45) is 5.92 Å². The highest BCUT2D eigenvalue weighted by Gasteiger charge is 2.37. The van der Waals surface area contributed by atoms with Crippen LogP contribution < -0.4 is 15.1 Å². The third-order valence-corrected chi connectivity index (χ3v) is 8.27. The highest BCUT2D eigenvalue weighted by atomic mass is 35.5. The largest absolute Gasteiger partial charge is 0.376 e. The van der Waals surface area contributed by atoms with E-state index in [0.717, 1.165) is 80.1 Å². The number of hydrogen-bond donors (Lipinski definition) is 1. The maximum absolute atomic E-state index is 14.1. The van der Waals surface area contributed by atoms with Gasteiger partial charge >= 0.3 is 0 Å². The second-order valence-electron chi connectivity index (χ2n) is 10.9. The van der Waals surface area contributed by atoms with Crippen molar-refractivity contribution in [3.8, 4) is 0 Å². The molecule has 1 aliphatic carbocycles. The van der Waals surface area contributed by atoms with Gasteiger partial charge in [0.2, 0.25) is 5.91 Å². The quantitative estimate of drug-likeness (QED) is 0.571. The van der Waals surface area contributed by atoms with Crippen LogP contribution in [0.15, 0.2) is 30.5 Å². The van der Waals surface area contributed by atoms with Crippen LogP contribution in [-0.2, 0) is 20.8 Å². The van der Waals surface area contributed by atoms with Crippen molar-refractivity contribution in [3.05, 3.63) is 41.0 Å². The van der Waals surface area contributed by atoms with Crippen molar-refractivity contribution in [1.82, 2.24) is 4.98 Å². The number of piperidine rings is 1. The molecule has 5 aliphatic rings. The molecule has 4 fully saturated rings. The third kappa shape index (κ3) is 4.69. The molecule has 7 rings (SSSR count). The van der Waals surface area contributed by atoms with Crippen molar-refractivity contribution in [3.63, 3.8) is 0 Å². The smallest absolute Gasteiger partial charge is 0.230 e. The van der Waals surface area contributed by atoms with Crippen molar-refractivity contribution in [2.75, 3.05) is 28.3 Å². The summed E-state index contributed by atoms with van der Waals surface area (Å²) in [5.74, 6) is 0.916. The van der Waals surface area contributed by atoms with E-state index in [2.05, 4.69) is 47.2 Å². The minimum Gasteiger partial charge on any atom is -0.376 e. The van der Waals surface area contributed by atoms with Gasteiger partial charge < -0.3 is 24.6 Å². The molecular weight excluding hydrogens is 476 g/mol. The van der Waals surface area contributed by atoms with Crippen LogP contribution >= 0.6 is 11.6 Å². The number of halogens is 1. The molecule has 2 bridgehead atoms. The SMILES string of the molecule is CC(C)OC1CCC(C(=O)N2Cc3cc(Cl)cnc3Nc3ccc(N4CC5CCC4CO5)cc32)CC1. The molecule has 1 N–H and O–H groups in total. The molecule has 192 valence electrons. The van der Waals surface area contributed by atoms with Crippen LogP contribution in [0, 0.1) is 5.92 Å². The van der Waals surface area contributed by atoms with E-state index in [1.54, 1.807) is 6.20 Å². The van der Waals surface area contributed by atoms with Crippen molar-refractivity contribution in [1.29, 1.82) is 0 Å². The van der Waals surface area contributed by atoms with Gasteiger partial charge in [-0.15, -0.1) is 0 Å². The zero-order chi connectivity index (χ0) is 24.8. The first-order chi connectivity index (χ1) is 17.4. The van der Waals surface area contributed by atoms with E-state index in [9.17, 15) is 4.79 Å². The van der Waals surface area contributed by atoms with Gasteiger partial charge in [0.15, 0.2) is 0 Å². The summed E-state index contributed by atoms with van der Waals surface area (Å²) in [5.41, 5.74) is 3.89. The maximum atomic E-state index is 14.1. The Labute approximate surface area is 218 Å². The fraction of sp³-hybridized carbons (Fsp3) is 0.571. The van der Waals surface area contributed by atoms with Gasteiger partial charge in [-0.05, 0) is 76.6 Å². The van der Waals surface area contributed by atoms with Gasteiger partial charge in [-0.1, -0.05) is 11.6 Å². The predicted octanol–water partition coefficient (Wildman–Crippen LogP) is 5.68. The summed E-state index contributed by atoms with van der Waals surface area (Å²) in [5, 5.41) is 4.06. The lowest BCUT2D eigenvalue weighted by Crippen LogP contribution is -2.54. The lowest BCUT2D eigenvalue weighted by Gasteiger charge is -2.46. The predicted molar refractivity (Wildman–Crippen MR) is 142 cm³/mol. The molecule has 36 heavy (non-hydrogen) atoms. The number of fused-ring (bicyclic) bond motifs is 5. The number of ether oxygens (including phenoxy) is 2. The van der Waals surface area contributed by atoms with Gasteiger partial charge in [0.1, 0.15) is 5.82 Å². The number of nitrogens with zero attached hydrogens (tertiary/aromatic N) is 3. The molecule has 1 amide bonds. The second kappa shape index (κ2) is 9.84. The molecule has 0 radical (unpaired) electrons. The lowest BCUT2D eigenvalue weighted by atomic mass is 9.86. The molecule has 2 aromatic rings. The minimum absolute atomic E-state index is 0.0124. The number of pyridine rings is 1. The molecule has 4 aliphatic heterocycles. The summed E-state index contributed by atoms with van der Waals surface area (Å²) < 4.78 is 12.0. The number of hydrogen-bond acceptors (Lipinski definition) is 6. The second-order valence-corrected chi connectivity index (χ2v) is 11.3. The summed E-state index contributed by atoms with van der Waals surface area (Å²) in [7, 11) is 0. The molecule has 3 saturated heterocycles. The lowest BCUT2D eigenvalue weighted by molar-refractivity contribution is -0.124. The Morgan fingerprint density at radius 1 is 1.17 bits per heavy atom. The Bertz CT molecular complexity index is 1130. The molecular formula is C28H35ClN4O3. The van der Waals surface area contributed by atoms with Crippen LogP contribution in [0.25, 0.3) is 0 Å². The Morgan fingerprint density at radius 2 is 2.00 bits per heavy atom. The maximum Gasteiger partial charge on any atom is 0.230 e. The number of carbonyl (C=O) groups is 1. The standard InChI is InChI=1S/C28H35ClN4O3/c1-17(2)36-23-7-3-18(4-8-23)28(34)33-14-19-11-20(29)13-30-27(19)31-25-10-6-21(12-26(25)33)32-15-24-9-5-22(32)16-35-24/h6,10-13,17-18,22-24H,3-5,7-9,14-16H2,1-2H3,(H,30,31). The van der Waals surface area contributed by atoms with E-state index >= 15 is 0 Å². The van der Waals surface area contributed by atoms with E-state index in [1.807, 2.05) is 11.0 Å². The van der Waals surface area contributed by atoms with Gasteiger partial charge in [0, 0.05) is 29.9 Å². The molecule has 2 unspecified atom stereocenters. The average Bonchev–Trinajstić information content (AvgIpc) is 3.05. The summed E-state index contributed by atoms with van der Waals surface area (Å²) in [6.45, 7) is 6.28. The van der Waals surface area contributed by atoms with E-state index in [4.69, 9.17) is 21.1 Å². The van der Waals surface area contributed by atoms with Crippen LogP contribution in [0.2, 0.25) is 5.02 Å². The number of anilines is 4. The van der Waals surface area contributed by atoms with E-state index in [0.29, 0.717) is 23.7 Å². The number of nitrogens with one attached hydrogen (secondary N) is 1. The van der Waals surface area contributed by atoms with Gasteiger partial charge in [0.25, 0.3) is 0 Å². The number of carbonyl (C=O) groups excluding carboxylic acids is 1. The molecule has 7 nitrogen and oxygen atoms in total. The molecule has 1 aromatic carbocycles. The highest BCUT2D eigenvalue weighted by molar-refractivity contribution is 6.30. The van der Waals surface area contributed by atoms with Crippen LogP contribution in [0.4, 0.5) is 22.9 Å². The van der Waals surface area contributed by atoms with Gasteiger partial charge in [0.05, 0.1) is 53.9 Å². The van der Waals surface area contributed by atoms with Crippen LogP contribution in [-0.4, -0.2) is 48.4 Å². The van der Waals surface area contributed by atoms with Crippen LogP contribution in [0.5, 0.6) is 0 Å². The number of benzene rings is 1. The number of aromatic nitrogens is 1. The third-order valence-electron chi connectivity index (χ3n) is 8.06. The molecule has 1 saturated carbocycles. The first-order valence-electron chi connectivity index (χ1n) is 13.3. The molecule has 0 spiro atoms. The minimum atomic E-state index is -0.0124. The van der Waals surface area contributed by atoms with Gasteiger partial charge in [-0.3, -0.25) is 4.79 Å². The van der Waals surface area contributed by atoms with Crippen LogP contribution in [0.3, 0.4) is 0 Å². The van der Waals surface area contributed by atoms with E-state index in [1.165, 1.54) is 0 Å². The molecule has 1 aromatic heterocycles. The Balaban J connectivity index is 1.32. The number of amides is 1. The van der Waals surface area contributed by atoms with Crippen molar-refractivity contribution < 1.29 is 14.3 Å². The summed E-state index contributed by atoms with van der Waals surface area (Å²) in [4.78, 5) is 23.0. The summed E-state index contributed by atoms with van der Waals surface area (Å²) >= 11 is 6.31. The zero-order valence-electron chi connectivity index (χ0n) is 21.1. The first kappa shape index (κ1) is 24.0. The Hall–Kier alpha value is -2.35. The average molecular weight is 511 g/mol. The normalized spacial score (nSPS) is 27.3. The summed E-state index contributed by atoms with van der Waals surface area (Å²) in [6, 6.07) is 8.74. The van der Waals surface area contributed by atoms with E-state index < -0.39 is 0 Å². The fourth-order valence-electron chi connectivity index (χ4n) is 6.24. The van der Waals surface area contributed by atoms with Gasteiger partial charge in [-0.2, -0.15) is 0 Å². The monoisotopic (exact) mass is 510 g/mol. The first-order valence-corrected chi connectivity index (χ1v) is 13.7. The number of morpholine rings is 1. The summed E-state index contributed by atoms with van der Waals surface area (Å²) in [6.07, 6.45) is 8.24.